The van der Waals surface area contributed by atoms with Gasteiger partial charge in [-0.3, -0.25) is 4.90 Å². The molecule has 1 saturated carbocycles. The molecule has 1 saturated heterocycles. The Hall–Kier alpha value is -2.41. The third kappa shape index (κ3) is 5.19. The average molecular weight is 410 g/mol. The van der Waals surface area contributed by atoms with E-state index in [4.69, 9.17) is 4.99 Å². The van der Waals surface area contributed by atoms with Crippen molar-refractivity contribution in [2.24, 2.45) is 12.0 Å². The van der Waals surface area contributed by atoms with Crippen LogP contribution in [0, 0.1) is 6.92 Å². The van der Waals surface area contributed by atoms with Crippen molar-refractivity contribution in [3.05, 3.63) is 47.5 Å². The predicted octanol–water partition coefficient (Wildman–Crippen LogP) is 2.72. The molecule has 1 aromatic heterocycles. The van der Waals surface area contributed by atoms with Gasteiger partial charge < -0.3 is 14.8 Å². The standard InChI is InChI=1S/C23H35N7/c1-19-26-27-22(28(19)2)18-25-23(24-17-20-9-5-3-6-10-20)30-15-13-29(14-16-30)21-11-7-4-8-12-21/h3,5-6,9-10,21H,4,7-8,11-18H2,1-2H3,(H,24,25). The first kappa shape index (κ1) is 20.8. The Kier molecular flexibility index (Phi) is 7.00. The lowest BCUT2D eigenvalue weighted by molar-refractivity contribution is 0.106. The lowest BCUT2D eigenvalue weighted by Crippen LogP contribution is -2.55. The topological polar surface area (TPSA) is 61.6 Å². The fourth-order valence-corrected chi connectivity index (χ4v) is 4.53. The minimum absolute atomic E-state index is 0.633. The van der Waals surface area contributed by atoms with Crippen LogP contribution in [0.25, 0.3) is 0 Å². The molecular formula is C23H35N7. The number of rotatable bonds is 5. The Labute approximate surface area is 180 Å². The second-order valence-corrected chi connectivity index (χ2v) is 8.52. The average Bonchev–Trinajstić information content (AvgIpc) is 3.13. The summed E-state index contributed by atoms with van der Waals surface area (Å²) in [6.45, 7) is 7.59. The summed E-state index contributed by atoms with van der Waals surface area (Å²) in [6.07, 6.45) is 6.95. The number of benzene rings is 1. The van der Waals surface area contributed by atoms with Crippen molar-refractivity contribution >= 4 is 5.96 Å². The Morgan fingerprint density at radius 1 is 1.03 bits per heavy atom. The third-order valence-corrected chi connectivity index (χ3v) is 6.55. The van der Waals surface area contributed by atoms with Gasteiger partial charge in [-0.05, 0) is 25.3 Å². The third-order valence-electron chi connectivity index (χ3n) is 6.55. The second-order valence-electron chi connectivity index (χ2n) is 8.52. The first-order chi connectivity index (χ1) is 14.7. The van der Waals surface area contributed by atoms with E-state index < -0.39 is 0 Å². The van der Waals surface area contributed by atoms with Crippen LogP contribution in [0.4, 0.5) is 0 Å². The van der Waals surface area contributed by atoms with Gasteiger partial charge in [0.1, 0.15) is 5.82 Å². The lowest BCUT2D eigenvalue weighted by atomic mass is 9.94. The molecule has 1 aliphatic heterocycles. The molecule has 0 unspecified atom stereocenters. The number of hydrogen-bond acceptors (Lipinski definition) is 4. The van der Waals surface area contributed by atoms with Crippen LogP contribution in [0.2, 0.25) is 0 Å². The van der Waals surface area contributed by atoms with E-state index in [0.29, 0.717) is 13.1 Å². The number of aliphatic imine (C=N–C) groups is 1. The normalized spacial score (nSPS) is 19.3. The molecule has 1 aliphatic carbocycles. The van der Waals surface area contributed by atoms with E-state index in [0.717, 1.165) is 49.8 Å². The van der Waals surface area contributed by atoms with Crippen LogP contribution in [-0.4, -0.2) is 62.7 Å². The van der Waals surface area contributed by atoms with Gasteiger partial charge in [0.25, 0.3) is 0 Å². The van der Waals surface area contributed by atoms with Crippen LogP contribution in [-0.2, 0) is 20.1 Å². The van der Waals surface area contributed by atoms with Gasteiger partial charge in [0.2, 0.25) is 0 Å². The first-order valence-electron chi connectivity index (χ1n) is 11.4. The second kappa shape index (κ2) is 10.1. The molecule has 0 radical (unpaired) electrons. The van der Waals surface area contributed by atoms with E-state index in [-0.39, 0.29) is 0 Å². The van der Waals surface area contributed by atoms with Crippen LogP contribution in [0.5, 0.6) is 0 Å². The molecule has 2 aliphatic rings. The van der Waals surface area contributed by atoms with E-state index in [1.165, 1.54) is 37.7 Å². The van der Waals surface area contributed by atoms with Crippen molar-refractivity contribution < 1.29 is 0 Å². The molecule has 2 fully saturated rings. The van der Waals surface area contributed by atoms with E-state index >= 15 is 0 Å². The van der Waals surface area contributed by atoms with E-state index in [1.54, 1.807) is 0 Å². The lowest BCUT2D eigenvalue weighted by Gasteiger charge is -2.41. The highest BCUT2D eigenvalue weighted by Crippen LogP contribution is 2.23. The van der Waals surface area contributed by atoms with Crippen molar-refractivity contribution in [1.29, 1.82) is 0 Å². The van der Waals surface area contributed by atoms with Crippen molar-refractivity contribution in [3.8, 4) is 0 Å². The monoisotopic (exact) mass is 409 g/mol. The van der Waals surface area contributed by atoms with Crippen molar-refractivity contribution in [3.63, 3.8) is 0 Å². The molecule has 0 amide bonds. The summed E-state index contributed by atoms with van der Waals surface area (Å²) in [4.78, 5) is 10.1. The summed E-state index contributed by atoms with van der Waals surface area (Å²) in [6, 6.07) is 11.3. The first-order valence-corrected chi connectivity index (χ1v) is 11.4. The van der Waals surface area contributed by atoms with Crippen LogP contribution in [0.3, 0.4) is 0 Å². The molecule has 162 valence electrons. The summed E-state index contributed by atoms with van der Waals surface area (Å²) in [5.74, 6) is 2.83. The number of nitrogens with zero attached hydrogens (tertiary/aromatic N) is 6. The quantitative estimate of drug-likeness (QED) is 0.608. The Morgan fingerprint density at radius 3 is 2.43 bits per heavy atom. The molecule has 4 rings (SSSR count). The van der Waals surface area contributed by atoms with Gasteiger partial charge in [-0.25, -0.2) is 4.99 Å². The van der Waals surface area contributed by atoms with Crippen molar-refractivity contribution in [2.75, 3.05) is 26.2 Å². The number of hydrogen-bond donors (Lipinski definition) is 1. The highest BCUT2D eigenvalue weighted by Gasteiger charge is 2.26. The highest BCUT2D eigenvalue weighted by molar-refractivity contribution is 5.80. The molecule has 30 heavy (non-hydrogen) atoms. The number of guanidine groups is 1. The molecule has 1 N–H and O–H groups in total. The van der Waals surface area contributed by atoms with Crippen LogP contribution in [0.1, 0.15) is 49.3 Å². The van der Waals surface area contributed by atoms with E-state index in [2.05, 4.69) is 49.6 Å². The zero-order chi connectivity index (χ0) is 20.8. The van der Waals surface area contributed by atoms with Gasteiger partial charge in [-0.1, -0.05) is 49.6 Å². The van der Waals surface area contributed by atoms with Crippen molar-refractivity contribution in [2.45, 2.75) is 58.2 Å². The summed E-state index contributed by atoms with van der Waals surface area (Å²) >= 11 is 0. The van der Waals surface area contributed by atoms with Crippen LogP contribution >= 0.6 is 0 Å². The van der Waals surface area contributed by atoms with Gasteiger partial charge in [-0.2, -0.15) is 0 Å². The Bertz CT molecular complexity index is 815. The molecular weight excluding hydrogens is 374 g/mol. The highest BCUT2D eigenvalue weighted by atomic mass is 15.4. The minimum atomic E-state index is 0.633. The Morgan fingerprint density at radius 2 is 1.77 bits per heavy atom. The van der Waals surface area contributed by atoms with Gasteiger partial charge in [0, 0.05) is 39.3 Å². The van der Waals surface area contributed by atoms with Crippen LogP contribution in [0.15, 0.2) is 35.3 Å². The number of nitrogens with one attached hydrogen (secondary N) is 1. The molecule has 7 heteroatoms. The fourth-order valence-electron chi connectivity index (χ4n) is 4.53. The zero-order valence-electron chi connectivity index (χ0n) is 18.4. The maximum Gasteiger partial charge on any atom is 0.194 e. The summed E-state index contributed by atoms with van der Waals surface area (Å²) < 4.78 is 2.03. The molecule has 0 spiro atoms. The molecule has 0 atom stereocenters. The summed E-state index contributed by atoms with van der Waals surface area (Å²) in [5.41, 5.74) is 1.23. The Balaban J connectivity index is 1.41. The molecule has 0 bridgehead atoms. The van der Waals surface area contributed by atoms with Crippen LogP contribution < -0.4 is 5.32 Å². The molecule has 2 aromatic rings. The van der Waals surface area contributed by atoms with Crippen molar-refractivity contribution in [1.82, 2.24) is 29.9 Å². The number of aromatic nitrogens is 3. The zero-order valence-corrected chi connectivity index (χ0v) is 18.4. The number of piperazine rings is 1. The molecule has 7 nitrogen and oxygen atoms in total. The smallest absolute Gasteiger partial charge is 0.194 e. The molecule has 2 heterocycles. The number of aryl methyl sites for hydroxylation is 1. The van der Waals surface area contributed by atoms with Gasteiger partial charge in [0.15, 0.2) is 11.8 Å². The predicted molar refractivity (Wildman–Crippen MR) is 120 cm³/mol. The largest absolute Gasteiger partial charge is 0.349 e. The summed E-state index contributed by atoms with van der Waals surface area (Å²) in [5, 5.41) is 12.0. The van der Waals surface area contributed by atoms with Gasteiger partial charge in [0.05, 0.1) is 13.1 Å². The van der Waals surface area contributed by atoms with Gasteiger partial charge >= 0.3 is 0 Å². The maximum absolute atomic E-state index is 4.96. The SMILES string of the molecule is Cc1nnc(CNC(=NCc2ccccc2)N2CCN(C3CCCCC3)CC2)n1C. The summed E-state index contributed by atoms with van der Waals surface area (Å²) in [7, 11) is 2.01. The van der Waals surface area contributed by atoms with E-state index in [9.17, 15) is 0 Å². The molecule has 1 aromatic carbocycles. The minimum Gasteiger partial charge on any atom is -0.349 e. The van der Waals surface area contributed by atoms with E-state index in [1.807, 2.05) is 24.6 Å². The maximum atomic E-state index is 4.96. The fraction of sp³-hybridized carbons (Fsp3) is 0.609. The van der Waals surface area contributed by atoms with Gasteiger partial charge in [-0.15, -0.1) is 10.2 Å².